The van der Waals surface area contributed by atoms with Crippen LogP contribution < -0.4 is 10.9 Å². The van der Waals surface area contributed by atoms with E-state index in [9.17, 15) is 9.59 Å². The van der Waals surface area contributed by atoms with Crippen molar-refractivity contribution in [3.63, 3.8) is 0 Å². The van der Waals surface area contributed by atoms with Gasteiger partial charge in [-0.05, 0) is 25.0 Å². The van der Waals surface area contributed by atoms with E-state index in [-0.39, 0.29) is 17.9 Å². The summed E-state index contributed by atoms with van der Waals surface area (Å²) in [4.78, 5) is 31.2. The van der Waals surface area contributed by atoms with Gasteiger partial charge in [-0.2, -0.15) is 0 Å². The molecule has 0 saturated heterocycles. The molecule has 0 atom stereocenters. The first-order chi connectivity index (χ1) is 11.0. The highest BCUT2D eigenvalue weighted by Crippen LogP contribution is 2.14. The number of aromatic nitrogens is 2. The summed E-state index contributed by atoms with van der Waals surface area (Å²) in [7, 11) is 0. The normalized spacial score (nSPS) is 11.2. The van der Waals surface area contributed by atoms with E-state index in [2.05, 4.69) is 21.2 Å². The number of rotatable bonds is 6. The van der Waals surface area contributed by atoms with Gasteiger partial charge < -0.3 is 10.3 Å². The molecule has 2 rings (SSSR count). The molecule has 0 radical (unpaired) electrons. The van der Waals surface area contributed by atoms with Crippen molar-refractivity contribution in [3.8, 4) is 12.3 Å². The predicted molar refractivity (Wildman–Crippen MR) is 91.0 cm³/mol. The summed E-state index contributed by atoms with van der Waals surface area (Å²) in [5.41, 5.74) is -0.153. The number of para-hydroxylation sites is 1. The summed E-state index contributed by atoms with van der Waals surface area (Å²) in [5, 5.41) is 3.45. The van der Waals surface area contributed by atoms with E-state index in [0.717, 1.165) is 0 Å². The Labute approximate surface area is 135 Å². The lowest BCUT2D eigenvalue weighted by atomic mass is 9.93. The Morgan fingerprint density at radius 2 is 2.04 bits per heavy atom. The van der Waals surface area contributed by atoms with E-state index >= 15 is 0 Å². The summed E-state index contributed by atoms with van der Waals surface area (Å²) in [6.45, 7) is 3.90. The SMILES string of the molecule is C#CC(CC)(CC)NC(=O)CCc1nc2ccccc2c(=O)[nH]1. The number of benzene rings is 1. The fourth-order valence-corrected chi connectivity index (χ4v) is 2.48. The predicted octanol–water partition coefficient (Wildman–Crippen LogP) is 2.16. The second-order valence-electron chi connectivity index (χ2n) is 5.51. The van der Waals surface area contributed by atoms with Crippen LogP contribution in [-0.2, 0) is 11.2 Å². The van der Waals surface area contributed by atoms with Gasteiger partial charge in [-0.1, -0.05) is 31.9 Å². The monoisotopic (exact) mass is 311 g/mol. The lowest BCUT2D eigenvalue weighted by Gasteiger charge is -2.27. The van der Waals surface area contributed by atoms with Crippen molar-refractivity contribution in [3.05, 3.63) is 40.4 Å². The van der Waals surface area contributed by atoms with Gasteiger partial charge in [-0.3, -0.25) is 9.59 Å². The second-order valence-corrected chi connectivity index (χ2v) is 5.51. The van der Waals surface area contributed by atoms with Crippen LogP contribution in [0.3, 0.4) is 0 Å². The summed E-state index contributed by atoms with van der Waals surface area (Å²) in [5.74, 6) is 3.04. The molecular formula is C18H21N3O2. The zero-order valence-electron chi connectivity index (χ0n) is 13.5. The summed E-state index contributed by atoms with van der Waals surface area (Å²) in [6, 6.07) is 7.13. The van der Waals surface area contributed by atoms with Crippen molar-refractivity contribution < 1.29 is 4.79 Å². The zero-order valence-corrected chi connectivity index (χ0v) is 13.5. The maximum Gasteiger partial charge on any atom is 0.258 e. The van der Waals surface area contributed by atoms with E-state index < -0.39 is 5.54 Å². The number of aryl methyl sites for hydroxylation is 1. The van der Waals surface area contributed by atoms with Crippen LogP contribution in [0.4, 0.5) is 0 Å². The third-order valence-electron chi connectivity index (χ3n) is 4.11. The molecule has 1 heterocycles. The number of carbonyl (C=O) groups excluding carboxylic acids is 1. The van der Waals surface area contributed by atoms with Gasteiger partial charge in [0, 0.05) is 12.8 Å². The van der Waals surface area contributed by atoms with Crippen LogP contribution in [0.2, 0.25) is 0 Å². The third-order valence-corrected chi connectivity index (χ3v) is 4.11. The van der Waals surface area contributed by atoms with Crippen LogP contribution in [-0.4, -0.2) is 21.4 Å². The number of aromatic amines is 1. The van der Waals surface area contributed by atoms with Crippen LogP contribution in [0, 0.1) is 12.3 Å². The van der Waals surface area contributed by atoms with Gasteiger partial charge in [0.1, 0.15) is 11.4 Å². The van der Waals surface area contributed by atoms with E-state index in [0.29, 0.717) is 36.0 Å². The van der Waals surface area contributed by atoms with Crippen molar-refractivity contribution in [2.45, 2.75) is 45.1 Å². The molecular weight excluding hydrogens is 290 g/mol. The molecule has 0 aliphatic rings. The van der Waals surface area contributed by atoms with Gasteiger partial charge in [0.2, 0.25) is 5.91 Å². The summed E-state index contributed by atoms with van der Waals surface area (Å²) >= 11 is 0. The Hall–Kier alpha value is -2.61. The highest BCUT2D eigenvalue weighted by molar-refractivity contribution is 5.78. The van der Waals surface area contributed by atoms with Crippen LogP contribution in [0.5, 0.6) is 0 Å². The largest absolute Gasteiger partial charge is 0.340 e. The lowest BCUT2D eigenvalue weighted by molar-refractivity contribution is -0.122. The highest BCUT2D eigenvalue weighted by atomic mass is 16.1. The van der Waals surface area contributed by atoms with Crippen LogP contribution in [0.25, 0.3) is 10.9 Å². The average Bonchev–Trinajstić information content (AvgIpc) is 2.58. The van der Waals surface area contributed by atoms with Crippen LogP contribution in [0.15, 0.2) is 29.1 Å². The topological polar surface area (TPSA) is 74.8 Å². The van der Waals surface area contributed by atoms with Gasteiger partial charge in [-0.25, -0.2) is 4.98 Å². The minimum absolute atomic E-state index is 0.137. The highest BCUT2D eigenvalue weighted by Gasteiger charge is 2.25. The maximum absolute atomic E-state index is 12.1. The first-order valence-electron chi connectivity index (χ1n) is 7.80. The molecule has 0 aliphatic carbocycles. The maximum atomic E-state index is 12.1. The Bertz CT molecular complexity index is 798. The van der Waals surface area contributed by atoms with Crippen molar-refractivity contribution in [2.24, 2.45) is 0 Å². The minimum atomic E-state index is -0.596. The first kappa shape index (κ1) is 16.8. The number of terminal acetylenes is 1. The van der Waals surface area contributed by atoms with Crippen LogP contribution >= 0.6 is 0 Å². The van der Waals surface area contributed by atoms with E-state index in [4.69, 9.17) is 6.42 Å². The van der Waals surface area contributed by atoms with E-state index in [1.807, 2.05) is 19.9 Å². The van der Waals surface area contributed by atoms with Gasteiger partial charge in [0.25, 0.3) is 5.56 Å². The number of hydrogen-bond donors (Lipinski definition) is 2. The molecule has 1 amide bonds. The molecule has 2 aromatic rings. The summed E-state index contributed by atoms with van der Waals surface area (Å²) < 4.78 is 0. The van der Waals surface area contributed by atoms with Crippen LogP contribution in [0.1, 0.15) is 38.9 Å². The fourth-order valence-electron chi connectivity index (χ4n) is 2.48. The van der Waals surface area contributed by atoms with E-state index in [1.54, 1.807) is 18.2 Å². The van der Waals surface area contributed by atoms with Crippen molar-refractivity contribution in [2.75, 3.05) is 0 Å². The Morgan fingerprint density at radius 3 is 2.70 bits per heavy atom. The number of hydrogen-bond acceptors (Lipinski definition) is 3. The number of amides is 1. The first-order valence-corrected chi connectivity index (χ1v) is 7.80. The molecule has 0 bridgehead atoms. The average molecular weight is 311 g/mol. The molecule has 1 aromatic carbocycles. The quantitative estimate of drug-likeness (QED) is 0.803. The molecule has 120 valence electrons. The molecule has 1 aromatic heterocycles. The number of nitrogens with one attached hydrogen (secondary N) is 2. The number of H-pyrrole nitrogens is 1. The van der Waals surface area contributed by atoms with Gasteiger partial charge in [-0.15, -0.1) is 6.42 Å². The molecule has 0 fully saturated rings. The van der Waals surface area contributed by atoms with E-state index in [1.165, 1.54) is 0 Å². The number of fused-ring (bicyclic) bond motifs is 1. The molecule has 0 spiro atoms. The molecule has 0 saturated carbocycles. The second kappa shape index (κ2) is 7.10. The fraction of sp³-hybridized carbons (Fsp3) is 0.389. The zero-order chi connectivity index (χ0) is 16.9. The minimum Gasteiger partial charge on any atom is -0.340 e. The Kier molecular flexibility index (Phi) is 5.17. The van der Waals surface area contributed by atoms with Crippen molar-refractivity contribution in [1.29, 1.82) is 0 Å². The van der Waals surface area contributed by atoms with Crippen molar-refractivity contribution in [1.82, 2.24) is 15.3 Å². The smallest absolute Gasteiger partial charge is 0.258 e. The van der Waals surface area contributed by atoms with Gasteiger partial charge in [0.05, 0.1) is 10.9 Å². The summed E-state index contributed by atoms with van der Waals surface area (Å²) in [6.07, 6.45) is 7.48. The van der Waals surface area contributed by atoms with Gasteiger partial charge in [0.15, 0.2) is 0 Å². The van der Waals surface area contributed by atoms with Crippen molar-refractivity contribution >= 4 is 16.8 Å². The molecule has 2 N–H and O–H groups in total. The number of nitrogens with zero attached hydrogens (tertiary/aromatic N) is 1. The molecule has 0 unspecified atom stereocenters. The molecule has 5 nitrogen and oxygen atoms in total. The Balaban J connectivity index is 2.08. The molecule has 0 aliphatic heterocycles. The number of carbonyl (C=O) groups is 1. The lowest BCUT2D eigenvalue weighted by Crippen LogP contribution is -2.46. The standard InChI is InChI=1S/C18H21N3O2/c1-4-18(5-2,6-3)21-16(22)12-11-15-19-14-10-8-7-9-13(14)17(23)20-15/h1,7-10H,5-6,11-12H2,2-3H3,(H,21,22)(H,19,20,23). The molecule has 23 heavy (non-hydrogen) atoms. The third kappa shape index (κ3) is 3.78. The van der Waals surface area contributed by atoms with Gasteiger partial charge >= 0.3 is 0 Å². The Morgan fingerprint density at radius 1 is 1.35 bits per heavy atom. The molecule has 5 heteroatoms.